The van der Waals surface area contributed by atoms with E-state index in [4.69, 9.17) is 5.73 Å². The number of carbonyl (C=O) groups excluding carboxylic acids is 1. The highest BCUT2D eigenvalue weighted by molar-refractivity contribution is 6.07. The van der Waals surface area contributed by atoms with Gasteiger partial charge < -0.3 is 16.0 Å². The Morgan fingerprint density at radius 2 is 1.71 bits per heavy atom. The summed E-state index contributed by atoms with van der Waals surface area (Å²) in [4.78, 5) is 18.3. The molecule has 198 valence electrons. The Kier molecular flexibility index (Phi) is 8.69. The standard InChI is InChI=1S/C33H40N4O/c1-2-3-13-30-24-37(33(38)32-15-8-12-27-10-6-7-14-31(27)32)19-18-36(30)23-29(21-34)35-22-25-16-17-26-9-4-5-11-28(26)20-25/h4-12,14-17,20,29-30,35H,2-3,13,18-19,21-24,34H2,1H3. The van der Waals surface area contributed by atoms with Crippen molar-refractivity contribution in [3.63, 3.8) is 0 Å². The van der Waals surface area contributed by atoms with Gasteiger partial charge in [0.05, 0.1) is 0 Å². The molecule has 1 heterocycles. The number of nitrogens with one attached hydrogen (secondary N) is 1. The Balaban J connectivity index is 1.24. The molecule has 1 aliphatic heterocycles. The summed E-state index contributed by atoms with van der Waals surface area (Å²) in [6.45, 7) is 6.90. The summed E-state index contributed by atoms with van der Waals surface area (Å²) >= 11 is 0. The fraction of sp³-hybridized carbons (Fsp3) is 0.364. The lowest BCUT2D eigenvalue weighted by Crippen LogP contribution is -2.58. The summed E-state index contributed by atoms with van der Waals surface area (Å²) < 4.78 is 0. The second-order valence-electron chi connectivity index (χ2n) is 10.6. The molecule has 5 nitrogen and oxygen atoms in total. The molecule has 5 rings (SSSR count). The van der Waals surface area contributed by atoms with Crippen LogP contribution in [0.4, 0.5) is 0 Å². The van der Waals surface area contributed by atoms with Crippen LogP contribution in [0.5, 0.6) is 0 Å². The van der Waals surface area contributed by atoms with Crippen molar-refractivity contribution in [1.82, 2.24) is 15.1 Å². The molecule has 0 spiro atoms. The van der Waals surface area contributed by atoms with Crippen LogP contribution in [0, 0.1) is 0 Å². The Morgan fingerprint density at radius 3 is 2.53 bits per heavy atom. The van der Waals surface area contributed by atoms with Crippen molar-refractivity contribution in [2.75, 3.05) is 32.7 Å². The molecule has 4 aromatic rings. The van der Waals surface area contributed by atoms with Crippen molar-refractivity contribution >= 4 is 27.5 Å². The molecule has 38 heavy (non-hydrogen) atoms. The average Bonchev–Trinajstić information content (AvgIpc) is 2.97. The van der Waals surface area contributed by atoms with Crippen LogP contribution in [0.25, 0.3) is 21.5 Å². The van der Waals surface area contributed by atoms with Crippen molar-refractivity contribution < 1.29 is 4.79 Å². The monoisotopic (exact) mass is 508 g/mol. The molecule has 0 radical (unpaired) electrons. The second-order valence-corrected chi connectivity index (χ2v) is 10.6. The molecule has 3 N–H and O–H groups in total. The van der Waals surface area contributed by atoms with E-state index in [0.29, 0.717) is 12.6 Å². The average molecular weight is 509 g/mol. The summed E-state index contributed by atoms with van der Waals surface area (Å²) in [5.41, 5.74) is 8.32. The number of nitrogens with zero attached hydrogens (tertiary/aromatic N) is 2. The lowest BCUT2D eigenvalue weighted by Gasteiger charge is -2.43. The van der Waals surface area contributed by atoms with Gasteiger partial charge in [-0.15, -0.1) is 0 Å². The predicted molar refractivity (Wildman–Crippen MR) is 158 cm³/mol. The first-order valence-electron chi connectivity index (χ1n) is 14.1. The van der Waals surface area contributed by atoms with Gasteiger partial charge in [-0.3, -0.25) is 9.69 Å². The maximum atomic E-state index is 13.6. The first-order chi connectivity index (χ1) is 18.7. The Hall–Kier alpha value is -3.25. The highest BCUT2D eigenvalue weighted by Gasteiger charge is 2.31. The van der Waals surface area contributed by atoms with Crippen LogP contribution >= 0.6 is 0 Å². The predicted octanol–water partition coefficient (Wildman–Crippen LogP) is 5.43. The van der Waals surface area contributed by atoms with Crippen LogP contribution in [-0.2, 0) is 6.54 Å². The minimum Gasteiger partial charge on any atom is -0.336 e. The number of hydrogen-bond acceptors (Lipinski definition) is 4. The van der Waals surface area contributed by atoms with Gasteiger partial charge in [-0.2, -0.15) is 0 Å². The molecule has 0 aliphatic carbocycles. The largest absolute Gasteiger partial charge is 0.336 e. The van der Waals surface area contributed by atoms with Crippen LogP contribution in [0.15, 0.2) is 84.9 Å². The number of carbonyl (C=O) groups is 1. The van der Waals surface area contributed by atoms with Crippen LogP contribution in [0.1, 0.15) is 42.1 Å². The van der Waals surface area contributed by atoms with Crippen molar-refractivity contribution in [2.45, 2.75) is 44.8 Å². The van der Waals surface area contributed by atoms with E-state index in [1.165, 1.54) is 16.3 Å². The Bertz CT molecular complexity index is 1360. The molecule has 2 unspecified atom stereocenters. The lowest BCUT2D eigenvalue weighted by atomic mass is 10.0. The second kappa shape index (κ2) is 12.5. The molecule has 5 heteroatoms. The van der Waals surface area contributed by atoms with Crippen LogP contribution < -0.4 is 11.1 Å². The van der Waals surface area contributed by atoms with Crippen LogP contribution in [0.3, 0.4) is 0 Å². The molecule has 0 bridgehead atoms. The zero-order valence-electron chi connectivity index (χ0n) is 22.5. The van der Waals surface area contributed by atoms with Crippen molar-refractivity contribution in [3.05, 3.63) is 96.1 Å². The first-order valence-corrected chi connectivity index (χ1v) is 14.1. The fourth-order valence-electron chi connectivity index (χ4n) is 5.73. The van der Waals surface area contributed by atoms with E-state index in [1.807, 2.05) is 24.3 Å². The van der Waals surface area contributed by atoms with Gasteiger partial charge in [0, 0.05) is 56.9 Å². The van der Waals surface area contributed by atoms with Gasteiger partial charge in [0.1, 0.15) is 0 Å². The fourth-order valence-corrected chi connectivity index (χ4v) is 5.73. The van der Waals surface area contributed by atoms with E-state index < -0.39 is 0 Å². The Morgan fingerprint density at radius 1 is 0.947 bits per heavy atom. The van der Waals surface area contributed by atoms with Gasteiger partial charge in [0.15, 0.2) is 0 Å². The smallest absolute Gasteiger partial charge is 0.254 e. The maximum absolute atomic E-state index is 13.6. The molecule has 1 aliphatic rings. The number of rotatable bonds is 10. The van der Waals surface area contributed by atoms with Gasteiger partial charge in [0.25, 0.3) is 5.91 Å². The van der Waals surface area contributed by atoms with E-state index in [9.17, 15) is 4.79 Å². The first kappa shape index (κ1) is 26.4. The number of unbranched alkanes of at least 4 members (excludes halogenated alkanes) is 1. The molecule has 2 atom stereocenters. The number of hydrogen-bond donors (Lipinski definition) is 2. The van der Waals surface area contributed by atoms with E-state index in [-0.39, 0.29) is 11.9 Å². The summed E-state index contributed by atoms with van der Waals surface area (Å²) in [6, 6.07) is 29.9. The van der Waals surface area contributed by atoms with Gasteiger partial charge in [-0.05, 0) is 45.7 Å². The minimum atomic E-state index is 0.146. The SMILES string of the molecule is CCCCC1CN(C(=O)c2cccc3ccccc23)CCN1CC(CN)NCc1ccc2ccccc2c1. The highest BCUT2D eigenvalue weighted by atomic mass is 16.2. The molecular formula is C33H40N4O. The van der Waals surface area contributed by atoms with E-state index in [2.05, 4.69) is 82.7 Å². The number of fused-ring (bicyclic) bond motifs is 2. The van der Waals surface area contributed by atoms with Crippen LogP contribution in [-0.4, -0.2) is 60.5 Å². The van der Waals surface area contributed by atoms with Crippen LogP contribution in [0.2, 0.25) is 0 Å². The summed E-state index contributed by atoms with van der Waals surface area (Å²) in [6.07, 6.45) is 3.41. The summed E-state index contributed by atoms with van der Waals surface area (Å²) in [5, 5.41) is 8.39. The maximum Gasteiger partial charge on any atom is 0.254 e. The van der Waals surface area contributed by atoms with Gasteiger partial charge in [-0.25, -0.2) is 0 Å². The molecular weight excluding hydrogens is 468 g/mol. The third-order valence-corrected chi connectivity index (χ3v) is 7.95. The van der Waals surface area contributed by atoms with E-state index >= 15 is 0 Å². The summed E-state index contributed by atoms with van der Waals surface area (Å²) in [5.74, 6) is 0.146. The molecule has 1 amide bonds. The quantitative estimate of drug-likeness (QED) is 0.300. The Labute approximate surface area is 226 Å². The normalized spacial score (nSPS) is 17.2. The van der Waals surface area contributed by atoms with Gasteiger partial charge in [0.2, 0.25) is 0 Å². The minimum absolute atomic E-state index is 0.146. The zero-order chi connectivity index (χ0) is 26.3. The summed E-state index contributed by atoms with van der Waals surface area (Å²) in [7, 11) is 0. The van der Waals surface area contributed by atoms with Gasteiger partial charge in [-0.1, -0.05) is 92.6 Å². The zero-order valence-corrected chi connectivity index (χ0v) is 22.5. The molecule has 4 aromatic carbocycles. The number of amides is 1. The van der Waals surface area contributed by atoms with E-state index in [1.54, 1.807) is 0 Å². The van der Waals surface area contributed by atoms with E-state index in [0.717, 1.165) is 68.3 Å². The molecule has 1 saturated heterocycles. The number of piperazine rings is 1. The van der Waals surface area contributed by atoms with Crippen molar-refractivity contribution in [1.29, 1.82) is 0 Å². The third kappa shape index (κ3) is 6.07. The van der Waals surface area contributed by atoms with Crippen molar-refractivity contribution in [3.8, 4) is 0 Å². The van der Waals surface area contributed by atoms with Gasteiger partial charge >= 0.3 is 0 Å². The topological polar surface area (TPSA) is 61.6 Å². The number of benzene rings is 4. The molecule has 0 saturated carbocycles. The molecule has 0 aromatic heterocycles. The number of nitrogens with two attached hydrogens (primary N) is 1. The molecule has 1 fully saturated rings. The van der Waals surface area contributed by atoms with Crippen molar-refractivity contribution in [2.24, 2.45) is 5.73 Å². The lowest BCUT2D eigenvalue weighted by molar-refractivity contribution is 0.0432. The highest BCUT2D eigenvalue weighted by Crippen LogP contribution is 2.23. The third-order valence-electron chi connectivity index (χ3n) is 7.95.